The zero-order chi connectivity index (χ0) is 23.0. The summed E-state index contributed by atoms with van der Waals surface area (Å²) in [6, 6.07) is 9.33. The van der Waals surface area contributed by atoms with Crippen LogP contribution in [0.15, 0.2) is 35.1 Å². The molecule has 32 heavy (non-hydrogen) atoms. The first-order valence-electron chi connectivity index (χ1n) is 10.7. The zero-order valence-corrected chi connectivity index (χ0v) is 19.1. The van der Waals surface area contributed by atoms with Gasteiger partial charge in [-0.25, -0.2) is 8.42 Å². The molecule has 1 saturated carbocycles. The number of rotatable bonds is 7. The lowest BCUT2D eigenvalue weighted by atomic mass is 10.0. The smallest absolute Gasteiger partial charge is 0.270 e. The fourth-order valence-corrected chi connectivity index (χ4v) is 4.51. The predicted molar refractivity (Wildman–Crippen MR) is 121 cm³/mol. The van der Waals surface area contributed by atoms with Crippen LogP contribution in [0, 0.1) is 6.92 Å². The van der Waals surface area contributed by atoms with Gasteiger partial charge in [-0.05, 0) is 42.9 Å². The van der Waals surface area contributed by atoms with Crippen molar-refractivity contribution in [1.82, 2.24) is 14.8 Å². The zero-order valence-electron chi connectivity index (χ0n) is 18.3. The molecule has 2 amide bonds. The van der Waals surface area contributed by atoms with Gasteiger partial charge in [0.25, 0.3) is 17.4 Å². The van der Waals surface area contributed by atoms with Crippen molar-refractivity contribution in [2.75, 3.05) is 25.1 Å². The molecule has 0 spiro atoms. The number of aromatic nitrogens is 1. The molecule has 170 valence electrons. The number of carbonyl (C=O) groups is 2. The first kappa shape index (κ1) is 22.3. The van der Waals surface area contributed by atoms with Gasteiger partial charge in [-0.1, -0.05) is 29.8 Å². The first-order valence-corrected chi connectivity index (χ1v) is 12.8. The molecule has 1 aliphatic carbocycles. The highest BCUT2D eigenvalue weighted by Gasteiger charge is 2.36. The van der Waals surface area contributed by atoms with Crippen molar-refractivity contribution in [2.24, 2.45) is 0 Å². The Morgan fingerprint density at radius 1 is 1.12 bits per heavy atom. The second kappa shape index (κ2) is 8.54. The molecule has 0 saturated heterocycles. The van der Waals surface area contributed by atoms with Gasteiger partial charge < -0.3 is 14.8 Å². The average Bonchev–Trinajstić information content (AvgIpc) is 3.58. The van der Waals surface area contributed by atoms with E-state index in [2.05, 4.69) is 5.32 Å². The lowest BCUT2D eigenvalue weighted by Crippen LogP contribution is -2.48. The Morgan fingerprint density at radius 2 is 1.81 bits per heavy atom. The second-order valence-electron chi connectivity index (χ2n) is 8.68. The molecule has 0 radical (unpaired) electrons. The van der Waals surface area contributed by atoms with E-state index in [1.807, 2.05) is 31.2 Å². The molecule has 4 rings (SSSR count). The Labute approximate surface area is 187 Å². The number of carbonyl (C=O) groups excluding carboxylic acids is 2. The molecule has 1 fully saturated rings. The van der Waals surface area contributed by atoms with Crippen LogP contribution in [0.25, 0.3) is 0 Å². The maximum absolute atomic E-state index is 13.1. The van der Waals surface area contributed by atoms with Crippen LogP contribution < -0.4 is 10.9 Å². The normalized spacial score (nSPS) is 16.1. The molecular weight excluding hydrogens is 430 g/mol. The molecule has 1 aromatic carbocycles. The number of nitrogens with zero attached hydrogens (tertiary/aromatic N) is 2. The van der Waals surface area contributed by atoms with Crippen LogP contribution in [0.4, 0.5) is 0 Å². The highest BCUT2D eigenvalue weighted by Crippen LogP contribution is 2.42. The van der Waals surface area contributed by atoms with Crippen molar-refractivity contribution in [3.05, 3.63) is 68.6 Å². The third-order valence-corrected chi connectivity index (χ3v) is 6.89. The fourth-order valence-electron chi connectivity index (χ4n) is 3.95. The highest BCUT2D eigenvalue weighted by atomic mass is 32.2. The molecule has 1 aromatic heterocycles. The van der Waals surface area contributed by atoms with Gasteiger partial charge in [-0.2, -0.15) is 0 Å². The van der Waals surface area contributed by atoms with E-state index < -0.39 is 21.3 Å². The minimum atomic E-state index is -3.21. The van der Waals surface area contributed by atoms with E-state index >= 15 is 0 Å². The Hall–Kier alpha value is -2.94. The highest BCUT2D eigenvalue weighted by molar-refractivity contribution is 7.90. The summed E-state index contributed by atoms with van der Waals surface area (Å²) in [4.78, 5) is 40.6. The minimum absolute atomic E-state index is 0.0418. The van der Waals surface area contributed by atoms with E-state index in [4.69, 9.17) is 0 Å². The number of sulfone groups is 1. The summed E-state index contributed by atoms with van der Waals surface area (Å²) in [5.74, 6) is -0.786. The standard InChI is InChI=1S/C23H27N3O5S/c1-15-3-5-16(6-4-15)14-24-21(27)19-13-18(17-7-8-17)20-23(29)25(11-12-32(2,30)31)9-10-26(20)22(19)28/h3-6,13,17H,7-12,14H2,1-2H3,(H,24,27). The van der Waals surface area contributed by atoms with Crippen LogP contribution in [0.5, 0.6) is 0 Å². The number of nitrogens with one attached hydrogen (secondary N) is 1. The lowest BCUT2D eigenvalue weighted by molar-refractivity contribution is 0.0708. The molecular formula is C23H27N3O5S. The van der Waals surface area contributed by atoms with Crippen LogP contribution in [0.1, 0.15) is 56.3 Å². The molecule has 0 bridgehead atoms. The van der Waals surface area contributed by atoms with Gasteiger partial charge in [0, 0.05) is 32.4 Å². The summed E-state index contributed by atoms with van der Waals surface area (Å²) < 4.78 is 24.5. The summed E-state index contributed by atoms with van der Waals surface area (Å²) >= 11 is 0. The maximum Gasteiger partial charge on any atom is 0.270 e. The molecule has 2 heterocycles. The summed E-state index contributed by atoms with van der Waals surface area (Å²) in [5, 5.41) is 2.81. The molecule has 8 nitrogen and oxygen atoms in total. The number of aryl methyl sites for hydroxylation is 1. The van der Waals surface area contributed by atoms with Gasteiger partial charge in [0.15, 0.2) is 0 Å². The molecule has 1 N–H and O–H groups in total. The van der Waals surface area contributed by atoms with Crippen molar-refractivity contribution in [3.63, 3.8) is 0 Å². The summed E-state index contributed by atoms with van der Waals surface area (Å²) in [5.41, 5.74) is 2.62. The summed E-state index contributed by atoms with van der Waals surface area (Å²) in [6.45, 7) is 2.85. The number of pyridine rings is 1. The predicted octanol–water partition coefficient (Wildman–Crippen LogP) is 1.46. The van der Waals surface area contributed by atoms with Crippen LogP contribution in [-0.4, -0.2) is 54.8 Å². The van der Waals surface area contributed by atoms with Crippen molar-refractivity contribution < 1.29 is 18.0 Å². The molecule has 2 aliphatic rings. The van der Waals surface area contributed by atoms with Crippen molar-refractivity contribution >= 4 is 21.7 Å². The quantitative estimate of drug-likeness (QED) is 0.678. The number of benzene rings is 1. The van der Waals surface area contributed by atoms with Gasteiger partial charge in [0.2, 0.25) is 0 Å². The van der Waals surface area contributed by atoms with Crippen LogP contribution in [0.2, 0.25) is 0 Å². The van der Waals surface area contributed by atoms with Crippen molar-refractivity contribution in [2.45, 2.75) is 38.8 Å². The minimum Gasteiger partial charge on any atom is -0.348 e. The van der Waals surface area contributed by atoms with Crippen molar-refractivity contribution in [1.29, 1.82) is 0 Å². The summed E-state index contributed by atoms with van der Waals surface area (Å²) in [6.07, 6.45) is 2.93. The first-order chi connectivity index (χ1) is 15.1. The van der Waals surface area contributed by atoms with E-state index in [9.17, 15) is 22.8 Å². The largest absolute Gasteiger partial charge is 0.348 e. The summed E-state index contributed by atoms with van der Waals surface area (Å²) in [7, 11) is -3.21. The SMILES string of the molecule is Cc1ccc(CNC(=O)c2cc(C3CC3)c3n(c2=O)CCN(CCS(C)(=O)=O)C3=O)cc1. The van der Waals surface area contributed by atoms with Gasteiger partial charge in [0.1, 0.15) is 21.1 Å². The molecule has 0 atom stereocenters. The van der Waals surface area contributed by atoms with Crippen LogP contribution >= 0.6 is 0 Å². The number of hydrogen-bond donors (Lipinski definition) is 1. The Bertz CT molecular complexity index is 1230. The van der Waals surface area contributed by atoms with E-state index in [1.54, 1.807) is 6.07 Å². The van der Waals surface area contributed by atoms with Gasteiger partial charge >= 0.3 is 0 Å². The Morgan fingerprint density at radius 3 is 2.44 bits per heavy atom. The lowest BCUT2D eigenvalue weighted by Gasteiger charge is -2.31. The van der Waals surface area contributed by atoms with E-state index in [0.717, 1.165) is 30.2 Å². The van der Waals surface area contributed by atoms with Crippen LogP contribution in [0.3, 0.4) is 0 Å². The van der Waals surface area contributed by atoms with E-state index in [-0.39, 0.29) is 42.8 Å². The monoisotopic (exact) mass is 457 g/mol. The van der Waals surface area contributed by atoms with Gasteiger partial charge in [-0.15, -0.1) is 0 Å². The Balaban J connectivity index is 1.61. The number of amides is 2. The topological polar surface area (TPSA) is 106 Å². The van der Waals surface area contributed by atoms with E-state index in [1.165, 1.54) is 9.47 Å². The molecule has 1 aliphatic heterocycles. The molecule has 0 unspecified atom stereocenters. The van der Waals surface area contributed by atoms with Crippen molar-refractivity contribution in [3.8, 4) is 0 Å². The maximum atomic E-state index is 13.1. The third-order valence-electron chi connectivity index (χ3n) is 5.97. The van der Waals surface area contributed by atoms with Gasteiger partial charge in [0.05, 0.1) is 5.75 Å². The third kappa shape index (κ3) is 4.77. The average molecular weight is 458 g/mol. The van der Waals surface area contributed by atoms with E-state index in [0.29, 0.717) is 17.8 Å². The number of hydrogen-bond acceptors (Lipinski definition) is 5. The fraction of sp³-hybridized carbons (Fsp3) is 0.435. The number of fused-ring (bicyclic) bond motifs is 1. The second-order valence-corrected chi connectivity index (χ2v) is 10.9. The molecule has 9 heteroatoms. The Kier molecular flexibility index (Phi) is 5.94. The molecule has 2 aromatic rings. The van der Waals surface area contributed by atoms with Gasteiger partial charge in [-0.3, -0.25) is 14.4 Å². The van der Waals surface area contributed by atoms with Crippen LogP contribution in [-0.2, 0) is 22.9 Å².